The lowest BCUT2D eigenvalue weighted by atomic mass is 10.4. The van der Waals surface area contributed by atoms with E-state index in [1.807, 2.05) is 12.4 Å². The van der Waals surface area contributed by atoms with Crippen LogP contribution in [0.15, 0.2) is 23.5 Å². The second-order valence-electron chi connectivity index (χ2n) is 4.88. The second-order valence-corrected chi connectivity index (χ2v) is 5.60. The second kappa shape index (κ2) is 6.06. The van der Waals surface area contributed by atoms with Crippen LogP contribution in [0.5, 0.6) is 0 Å². The number of hydrogen-bond donors (Lipinski definition) is 1. The van der Waals surface area contributed by atoms with Crippen LogP contribution in [-0.4, -0.2) is 56.4 Å². The number of fused-ring (bicyclic) bond motifs is 1. The van der Waals surface area contributed by atoms with Gasteiger partial charge in [0.15, 0.2) is 11.5 Å². The molecule has 114 valence electrons. The van der Waals surface area contributed by atoms with Gasteiger partial charge in [-0.2, -0.15) is 0 Å². The Morgan fingerprint density at radius 1 is 1.27 bits per heavy atom. The Hall–Kier alpha value is -2.55. The highest BCUT2D eigenvalue weighted by Gasteiger charge is 2.16. The largest absolute Gasteiger partial charge is 0.348 e. The third-order valence-corrected chi connectivity index (χ3v) is 3.88. The number of imidazole rings is 1. The Bertz CT molecular complexity index is 770. The van der Waals surface area contributed by atoms with Gasteiger partial charge in [0.25, 0.3) is 0 Å². The normalized spacial score (nSPS) is 10.8. The fourth-order valence-corrected chi connectivity index (χ4v) is 2.64. The fourth-order valence-electron chi connectivity index (χ4n) is 2.09. The molecule has 8 nitrogen and oxygen atoms in total. The third-order valence-electron chi connectivity index (χ3n) is 3.25. The molecule has 0 saturated heterocycles. The van der Waals surface area contributed by atoms with Crippen molar-refractivity contribution in [1.29, 1.82) is 0 Å². The number of aromatic nitrogens is 5. The number of anilines is 1. The van der Waals surface area contributed by atoms with Crippen LogP contribution in [0.3, 0.4) is 0 Å². The minimum atomic E-state index is -0.0122. The number of H-pyrrole nitrogens is 1. The Morgan fingerprint density at radius 3 is 2.91 bits per heavy atom. The first-order valence-electron chi connectivity index (χ1n) is 6.61. The maximum absolute atomic E-state index is 12.3. The monoisotopic (exact) mass is 317 g/mol. The molecule has 0 radical (unpaired) electrons. The van der Waals surface area contributed by atoms with Gasteiger partial charge < -0.3 is 14.8 Å². The van der Waals surface area contributed by atoms with Crippen LogP contribution in [0.1, 0.15) is 5.69 Å². The molecule has 0 aliphatic heterocycles. The van der Waals surface area contributed by atoms with Gasteiger partial charge in [-0.05, 0) is 0 Å². The van der Waals surface area contributed by atoms with Crippen molar-refractivity contribution < 1.29 is 4.79 Å². The zero-order valence-corrected chi connectivity index (χ0v) is 13.0. The standard InChI is InChI=1S/C13H15N7OS/c1-19(3-9-5-22-8-18-9)10(21)4-20(2)13-11-12(15-6-14-11)16-7-17-13/h5-8H,3-4H2,1-2H3,(H,14,15,16,17). The number of thiazole rings is 1. The molecule has 3 heterocycles. The number of carbonyl (C=O) groups is 1. The molecule has 0 bridgehead atoms. The Labute approximate surface area is 130 Å². The summed E-state index contributed by atoms with van der Waals surface area (Å²) in [6.45, 7) is 0.713. The van der Waals surface area contributed by atoms with Crippen LogP contribution < -0.4 is 4.90 Å². The Balaban J connectivity index is 1.69. The van der Waals surface area contributed by atoms with Crippen molar-refractivity contribution in [3.05, 3.63) is 29.2 Å². The minimum Gasteiger partial charge on any atom is -0.348 e. The molecule has 0 aliphatic rings. The number of likely N-dealkylation sites (N-methyl/N-ethyl adjacent to an activating group) is 2. The van der Waals surface area contributed by atoms with E-state index in [1.165, 1.54) is 17.7 Å². The van der Waals surface area contributed by atoms with Crippen molar-refractivity contribution in [2.24, 2.45) is 0 Å². The molecule has 1 N–H and O–H groups in total. The molecule has 22 heavy (non-hydrogen) atoms. The first-order valence-corrected chi connectivity index (χ1v) is 7.55. The SMILES string of the molecule is CN(Cc1cscn1)C(=O)CN(C)c1ncnc2nc[nH]c12. The molecule has 0 atom stereocenters. The maximum Gasteiger partial charge on any atom is 0.242 e. The van der Waals surface area contributed by atoms with Crippen LogP contribution >= 0.6 is 11.3 Å². The van der Waals surface area contributed by atoms with Crippen molar-refractivity contribution in [3.8, 4) is 0 Å². The highest BCUT2D eigenvalue weighted by molar-refractivity contribution is 7.07. The molecule has 3 aromatic heterocycles. The average molecular weight is 317 g/mol. The molecule has 0 saturated carbocycles. The van der Waals surface area contributed by atoms with E-state index >= 15 is 0 Å². The van der Waals surface area contributed by atoms with Gasteiger partial charge in [-0.15, -0.1) is 11.3 Å². The zero-order chi connectivity index (χ0) is 15.5. The van der Waals surface area contributed by atoms with Gasteiger partial charge in [0.05, 0.1) is 30.6 Å². The molecule has 0 aromatic carbocycles. The predicted octanol–water partition coefficient (Wildman–Crippen LogP) is 0.904. The lowest BCUT2D eigenvalue weighted by molar-refractivity contribution is -0.128. The number of nitrogens with one attached hydrogen (secondary N) is 1. The molecular formula is C13H15N7OS. The highest BCUT2D eigenvalue weighted by Crippen LogP contribution is 2.18. The molecule has 0 fully saturated rings. The first-order chi connectivity index (χ1) is 10.6. The first kappa shape index (κ1) is 14.4. The van der Waals surface area contributed by atoms with Gasteiger partial charge in [0, 0.05) is 19.5 Å². The van der Waals surface area contributed by atoms with E-state index in [-0.39, 0.29) is 12.5 Å². The van der Waals surface area contributed by atoms with Gasteiger partial charge >= 0.3 is 0 Å². The van der Waals surface area contributed by atoms with E-state index < -0.39 is 0 Å². The van der Waals surface area contributed by atoms with Crippen LogP contribution in [0, 0.1) is 0 Å². The molecule has 3 aromatic rings. The zero-order valence-electron chi connectivity index (χ0n) is 12.2. The summed E-state index contributed by atoms with van der Waals surface area (Å²) in [5.41, 5.74) is 3.96. The number of amides is 1. The molecule has 0 spiro atoms. The van der Waals surface area contributed by atoms with Gasteiger partial charge in [0.1, 0.15) is 11.8 Å². The van der Waals surface area contributed by atoms with Crippen LogP contribution in [0.25, 0.3) is 11.2 Å². The van der Waals surface area contributed by atoms with Crippen LogP contribution in [0.2, 0.25) is 0 Å². The lowest BCUT2D eigenvalue weighted by Crippen LogP contribution is -2.36. The third kappa shape index (κ3) is 2.89. The number of aromatic amines is 1. The molecule has 3 rings (SSSR count). The van der Waals surface area contributed by atoms with E-state index in [9.17, 15) is 4.79 Å². The molecule has 0 unspecified atom stereocenters. The number of hydrogen-bond acceptors (Lipinski definition) is 7. The predicted molar refractivity (Wildman–Crippen MR) is 83.5 cm³/mol. The van der Waals surface area contributed by atoms with Crippen molar-refractivity contribution >= 4 is 34.2 Å². The Kier molecular flexibility index (Phi) is 3.96. The summed E-state index contributed by atoms with van der Waals surface area (Å²) in [6, 6.07) is 0. The highest BCUT2D eigenvalue weighted by atomic mass is 32.1. The summed E-state index contributed by atoms with van der Waals surface area (Å²) in [6.07, 6.45) is 3.01. The fraction of sp³-hybridized carbons (Fsp3) is 0.308. The van der Waals surface area contributed by atoms with Gasteiger partial charge in [-0.25, -0.2) is 19.9 Å². The maximum atomic E-state index is 12.3. The summed E-state index contributed by atoms with van der Waals surface area (Å²) in [5.74, 6) is 0.639. The summed E-state index contributed by atoms with van der Waals surface area (Å²) in [4.78, 5) is 35.3. The topological polar surface area (TPSA) is 90.9 Å². The Morgan fingerprint density at radius 2 is 2.14 bits per heavy atom. The van der Waals surface area contributed by atoms with Gasteiger partial charge in [-0.3, -0.25) is 4.79 Å². The van der Waals surface area contributed by atoms with Crippen LogP contribution in [0.4, 0.5) is 5.82 Å². The van der Waals surface area contributed by atoms with E-state index in [0.717, 1.165) is 11.2 Å². The van der Waals surface area contributed by atoms with Crippen molar-refractivity contribution in [2.75, 3.05) is 25.5 Å². The summed E-state index contributed by atoms with van der Waals surface area (Å²) in [5, 5.41) is 1.94. The van der Waals surface area contributed by atoms with Crippen molar-refractivity contribution in [3.63, 3.8) is 0 Å². The van der Waals surface area contributed by atoms with Gasteiger partial charge in [0.2, 0.25) is 5.91 Å². The quantitative estimate of drug-likeness (QED) is 0.752. The smallest absolute Gasteiger partial charge is 0.242 e. The average Bonchev–Trinajstić information content (AvgIpc) is 3.17. The minimum absolute atomic E-state index is 0.0122. The number of rotatable bonds is 5. The number of carbonyl (C=O) groups excluding carboxylic acids is 1. The molecule has 1 amide bonds. The summed E-state index contributed by atoms with van der Waals surface area (Å²) >= 11 is 1.52. The molecular weight excluding hydrogens is 302 g/mol. The molecule has 9 heteroatoms. The summed E-state index contributed by atoms with van der Waals surface area (Å²) < 4.78 is 0. The number of nitrogens with zero attached hydrogens (tertiary/aromatic N) is 6. The summed E-state index contributed by atoms with van der Waals surface area (Å²) in [7, 11) is 3.58. The van der Waals surface area contributed by atoms with Crippen molar-refractivity contribution in [2.45, 2.75) is 6.54 Å². The molecule has 0 aliphatic carbocycles. The van der Waals surface area contributed by atoms with E-state index in [1.54, 1.807) is 28.7 Å². The lowest BCUT2D eigenvalue weighted by Gasteiger charge is -2.22. The van der Waals surface area contributed by atoms with E-state index in [2.05, 4.69) is 24.9 Å². The van der Waals surface area contributed by atoms with Gasteiger partial charge in [-0.1, -0.05) is 0 Å². The van der Waals surface area contributed by atoms with Crippen molar-refractivity contribution in [1.82, 2.24) is 29.8 Å². The van der Waals surface area contributed by atoms with Crippen LogP contribution in [-0.2, 0) is 11.3 Å². The van der Waals surface area contributed by atoms with E-state index in [0.29, 0.717) is 18.0 Å². The van der Waals surface area contributed by atoms with E-state index in [4.69, 9.17) is 0 Å².